The summed E-state index contributed by atoms with van der Waals surface area (Å²) in [6, 6.07) is 15.6. The first-order chi connectivity index (χ1) is 9.90. The first-order valence-electron chi connectivity index (χ1n) is 6.29. The number of hydrogen-bond donors (Lipinski definition) is 2. The molecule has 1 unspecified atom stereocenters. The molecule has 108 valence electrons. The third-order valence-corrected chi connectivity index (χ3v) is 4.00. The Morgan fingerprint density at radius 1 is 1.19 bits per heavy atom. The molecule has 0 heterocycles. The smallest absolute Gasteiger partial charge is 0.238 e. The number of sulfonamides is 1. The van der Waals surface area contributed by atoms with Crippen LogP contribution in [0.2, 0.25) is 0 Å². The number of nitrogens with two attached hydrogens (primary N) is 1. The molecule has 3 N–H and O–H groups in total. The van der Waals surface area contributed by atoms with Crippen molar-refractivity contribution in [1.29, 1.82) is 5.26 Å². The largest absolute Gasteiger partial charge is 0.378 e. The van der Waals surface area contributed by atoms with Crippen LogP contribution >= 0.6 is 0 Å². The number of nitrogens with zero attached hydrogens (tertiary/aromatic N) is 1. The highest BCUT2D eigenvalue weighted by Gasteiger charge is 2.10. The van der Waals surface area contributed by atoms with Crippen molar-refractivity contribution in [1.82, 2.24) is 0 Å². The fourth-order valence-corrected chi connectivity index (χ4v) is 2.50. The van der Waals surface area contributed by atoms with Gasteiger partial charge in [-0.1, -0.05) is 18.2 Å². The minimum Gasteiger partial charge on any atom is -0.378 e. The molecule has 2 aromatic carbocycles. The summed E-state index contributed by atoms with van der Waals surface area (Å²) in [5.74, 6) is 0. The maximum absolute atomic E-state index is 11.3. The first-order valence-corrected chi connectivity index (χ1v) is 7.84. The van der Waals surface area contributed by atoms with E-state index in [0.717, 1.165) is 5.56 Å². The lowest BCUT2D eigenvalue weighted by atomic mass is 10.1. The van der Waals surface area contributed by atoms with Gasteiger partial charge in [0, 0.05) is 11.7 Å². The lowest BCUT2D eigenvalue weighted by Crippen LogP contribution is -2.13. The van der Waals surface area contributed by atoms with E-state index in [1.54, 1.807) is 24.3 Å². The summed E-state index contributed by atoms with van der Waals surface area (Å²) in [4.78, 5) is 0.0690. The van der Waals surface area contributed by atoms with Gasteiger partial charge in [0.25, 0.3) is 0 Å². The van der Waals surface area contributed by atoms with Crippen LogP contribution in [-0.4, -0.2) is 8.42 Å². The Kier molecular flexibility index (Phi) is 4.26. The summed E-state index contributed by atoms with van der Waals surface area (Å²) >= 11 is 0. The Labute approximate surface area is 124 Å². The molecule has 5 nitrogen and oxygen atoms in total. The average molecular weight is 301 g/mol. The van der Waals surface area contributed by atoms with E-state index >= 15 is 0 Å². The SMILES string of the molecule is CC(Nc1cccc(S(N)(=O)=O)c1)c1ccc(C#N)cc1. The molecule has 0 aromatic heterocycles. The summed E-state index contributed by atoms with van der Waals surface area (Å²) in [7, 11) is -3.71. The zero-order valence-corrected chi connectivity index (χ0v) is 12.3. The molecule has 0 aliphatic rings. The number of nitrogens with one attached hydrogen (secondary N) is 1. The van der Waals surface area contributed by atoms with E-state index in [1.807, 2.05) is 19.1 Å². The Morgan fingerprint density at radius 3 is 2.43 bits per heavy atom. The van der Waals surface area contributed by atoms with Gasteiger partial charge < -0.3 is 5.32 Å². The van der Waals surface area contributed by atoms with Gasteiger partial charge in [0.15, 0.2) is 0 Å². The molecule has 0 bridgehead atoms. The van der Waals surface area contributed by atoms with Crippen LogP contribution in [-0.2, 0) is 10.0 Å². The monoisotopic (exact) mass is 301 g/mol. The first kappa shape index (κ1) is 15.0. The fourth-order valence-electron chi connectivity index (χ4n) is 1.94. The van der Waals surface area contributed by atoms with E-state index in [1.165, 1.54) is 12.1 Å². The summed E-state index contributed by atoms with van der Waals surface area (Å²) < 4.78 is 22.7. The molecule has 0 aliphatic carbocycles. The molecule has 0 saturated carbocycles. The minimum absolute atomic E-state index is 0.0338. The predicted molar refractivity (Wildman–Crippen MR) is 81.0 cm³/mol. The van der Waals surface area contributed by atoms with E-state index < -0.39 is 10.0 Å². The van der Waals surface area contributed by atoms with Crippen molar-refractivity contribution in [3.05, 3.63) is 59.7 Å². The van der Waals surface area contributed by atoms with Gasteiger partial charge in [-0.15, -0.1) is 0 Å². The maximum atomic E-state index is 11.3. The second-order valence-electron chi connectivity index (χ2n) is 4.67. The third-order valence-electron chi connectivity index (χ3n) is 3.09. The second-order valence-corrected chi connectivity index (χ2v) is 6.23. The van der Waals surface area contributed by atoms with E-state index in [4.69, 9.17) is 10.4 Å². The van der Waals surface area contributed by atoms with Crippen LogP contribution in [0.1, 0.15) is 24.1 Å². The molecular weight excluding hydrogens is 286 g/mol. The zero-order valence-electron chi connectivity index (χ0n) is 11.4. The van der Waals surface area contributed by atoms with Crippen LogP contribution in [0.5, 0.6) is 0 Å². The Balaban J connectivity index is 2.19. The molecule has 1 atom stereocenters. The fraction of sp³-hybridized carbons (Fsp3) is 0.133. The van der Waals surface area contributed by atoms with Crippen LogP contribution in [0, 0.1) is 11.3 Å². The number of primary sulfonamides is 1. The van der Waals surface area contributed by atoms with Crippen molar-refractivity contribution in [3.8, 4) is 6.07 Å². The number of benzene rings is 2. The van der Waals surface area contributed by atoms with Crippen molar-refractivity contribution in [3.63, 3.8) is 0 Å². The minimum atomic E-state index is -3.71. The molecule has 0 fully saturated rings. The summed E-state index contributed by atoms with van der Waals surface area (Å²) in [5, 5.41) is 17.1. The Hall–Kier alpha value is -2.36. The molecule has 0 aliphatic heterocycles. The van der Waals surface area contributed by atoms with Gasteiger partial charge in [0.2, 0.25) is 10.0 Å². The van der Waals surface area contributed by atoms with Gasteiger partial charge in [0.05, 0.1) is 16.5 Å². The molecule has 0 radical (unpaired) electrons. The van der Waals surface area contributed by atoms with E-state index in [2.05, 4.69) is 11.4 Å². The molecule has 0 spiro atoms. The lowest BCUT2D eigenvalue weighted by molar-refractivity contribution is 0.598. The van der Waals surface area contributed by atoms with Crippen LogP contribution in [0.4, 0.5) is 5.69 Å². The van der Waals surface area contributed by atoms with Crippen LogP contribution < -0.4 is 10.5 Å². The predicted octanol–water partition coefficient (Wildman–Crippen LogP) is 2.38. The molecule has 21 heavy (non-hydrogen) atoms. The van der Waals surface area contributed by atoms with Crippen LogP contribution in [0.25, 0.3) is 0 Å². The van der Waals surface area contributed by atoms with Crippen LogP contribution in [0.15, 0.2) is 53.4 Å². The topological polar surface area (TPSA) is 96.0 Å². The van der Waals surface area contributed by atoms with Gasteiger partial charge in [-0.3, -0.25) is 0 Å². The maximum Gasteiger partial charge on any atom is 0.238 e. The molecule has 6 heteroatoms. The lowest BCUT2D eigenvalue weighted by Gasteiger charge is -2.16. The van der Waals surface area contributed by atoms with Gasteiger partial charge in [0.1, 0.15) is 0 Å². The summed E-state index contributed by atoms with van der Waals surface area (Å²) in [6.07, 6.45) is 0. The zero-order chi connectivity index (χ0) is 15.5. The third kappa shape index (κ3) is 3.81. The normalized spacial score (nSPS) is 12.4. The summed E-state index contributed by atoms with van der Waals surface area (Å²) in [5.41, 5.74) is 2.26. The highest BCUT2D eigenvalue weighted by molar-refractivity contribution is 7.89. The Bertz CT molecular complexity index is 777. The van der Waals surface area contributed by atoms with Gasteiger partial charge >= 0.3 is 0 Å². The molecule has 2 rings (SSSR count). The summed E-state index contributed by atoms with van der Waals surface area (Å²) in [6.45, 7) is 1.95. The van der Waals surface area contributed by atoms with E-state index in [0.29, 0.717) is 11.3 Å². The van der Waals surface area contributed by atoms with Gasteiger partial charge in [-0.2, -0.15) is 5.26 Å². The van der Waals surface area contributed by atoms with Crippen molar-refractivity contribution >= 4 is 15.7 Å². The highest BCUT2D eigenvalue weighted by Crippen LogP contribution is 2.21. The number of rotatable bonds is 4. The molecule has 2 aromatic rings. The standard InChI is InChI=1S/C15H15N3O2S/c1-11(13-7-5-12(10-16)6-8-13)18-14-3-2-4-15(9-14)21(17,19)20/h2-9,11,18H,1H3,(H2,17,19,20). The van der Waals surface area contributed by atoms with Crippen molar-refractivity contribution in [2.45, 2.75) is 17.9 Å². The van der Waals surface area contributed by atoms with E-state index in [-0.39, 0.29) is 10.9 Å². The quantitative estimate of drug-likeness (QED) is 0.906. The van der Waals surface area contributed by atoms with E-state index in [9.17, 15) is 8.42 Å². The van der Waals surface area contributed by atoms with Crippen molar-refractivity contribution in [2.75, 3.05) is 5.32 Å². The highest BCUT2D eigenvalue weighted by atomic mass is 32.2. The molecule has 0 amide bonds. The molecular formula is C15H15N3O2S. The Morgan fingerprint density at radius 2 is 1.86 bits per heavy atom. The number of hydrogen-bond acceptors (Lipinski definition) is 4. The number of anilines is 1. The average Bonchev–Trinajstić information content (AvgIpc) is 2.47. The van der Waals surface area contributed by atoms with Crippen molar-refractivity contribution in [2.24, 2.45) is 5.14 Å². The number of nitriles is 1. The van der Waals surface area contributed by atoms with Crippen molar-refractivity contribution < 1.29 is 8.42 Å². The van der Waals surface area contributed by atoms with Gasteiger partial charge in [-0.25, -0.2) is 13.6 Å². The second kappa shape index (κ2) is 5.95. The van der Waals surface area contributed by atoms with Crippen LogP contribution in [0.3, 0.4) is 0 Å². The molecule has 0 saturated heterocycles. The van der Waals surface area contributed by atoms with Gasteiger partial charge in [-0.05, 0) is 42.8 Å².